The highest BCUT2D eigenvalue weighted by Crippen LogP contribution is 2.38. The van der Waals surface area contributed by atoms with Crippen molar-refractivity contribution in [1.82, 2.24) is 5.01 Å². The van der Waals surface area contributed by atoms with Gasteiger partial charge in [-0.05, 0) is 83.4 Å². The fourth-order valence-corrected chi connectivity index (χ4v) is 4.20. The predicted molar refractivity (Wildman–Crippen MR) is 140 cm³/mol. The quantitative estimate of drug-likeness (QED) is 0.247. The SMILES string of the molecule is CCOc1cc(/C=C2/C(=O)N(C(=O)c3ccccc3)N=C2C)cc(Br)c1OCc1ccc(Cl)cc1. The van der Waals surface area contributed by atoms with Crippen LogP contribution >= 0.6 is 27.5 Å². The first-order chi connectivity index (χ1) is 16.9. The van der Waals surface area contributed by atoms with Gasteiger partial charge in [-0.15, -0.1) is 0 Å². The zero-order valence-corrected chi connectivity index (χ0v) is 21.5. The fourth-order valence-electron chi connectivity index (χ4n) is 3.50. The van der Waals surface area contributed by atoms with Crippen molar-refractivity contribution in [2.75, 3.05) is 6.61 Å². The second kappa shape index (κ2) is 10.9. The van der Waals surface area contributed by atoms with Crippen LogP contribution in [0, 0.1) is 0 Å². The van der Waals surface area contributed by atoms with Crippen molar-refractivity contribution in [3.8, 4) is 11.5 Å². The summed E-state index contributed by atoms with van der Waals surface area (Å²) in [5.74, 6) is 0.127. The first kappa shape index (κ1) is 24.7. The molecule has 2 amide bonds. The average molecular weight is 554 g/mol. The van der Waals surface area contributed by atoms with E-state index in [9.17, 15) is 9.59 Å². The van der Waals surface area contributed by atoms with Crippen molar-refractivity contribution in [2.45, 2.75) is 20.5 Å². The lowest BCUT2D eigenvalue weighted by Gasteiger charge is -2.15. The van der Waals surface area contributed by atoms with Gasteiger partial charge in [-0.3, -0.25) is 9.59 Å². The topological polar surface area (TPSA) is 68.2 Å². The third-order valence-corrected chi connectivity index (χ3v) is 6.06. The van der Waals surface area contributed by atoms with Gasteiger partial charge in [0.25, 0.3) is 11.8 Å². The van der Waals surface area contributed by atoms with Crippen LogP contribution in [0.2, 0.25) is 5.02 Å². The molecule has 6 nitrogen and oxygen atoms in total. The zero-order chi connectivity index (χ0) is 24.9. The Labute approximate surface area is 216 Å². The van der Waals surface area contributed by atoms with Crippen LogP contribution in [-0.2, 0) is 11.4 Å². The maximum atomic E-state index is 13.0. The van der Waals surface area contributed by atoms with E-state index in [4.69, 9.17) is 21.1 Å². The van der Waals surface area contributed by atoms with Crippen LogP contribution in [0.25, 0.3) is 6.08 Å². The van der Waals surface area contributed by atoms with Crippen LogP contribution in [0.4, 0.5) is 0 Å². The van der Waals surface area contributed by atoms with Gasteiger partial charge in [-0.25, -0.2) is 0 Å². The maximum Gasteiger partial charge on any atom is 0.283 e. The molecule has 1 aliphatic rings. The van der Waals surface area contributed by atoms with Crippen molar-refractivity contribution < 1.29 is 19.1 Å². The molecule has 0 saturated carbocycles. The molecule has 1 aliphatic heterocycles. The molecule has 4 rings (SSSR count). The molecule has 3 aromatic rings. The average Bonchev–Trinajstić information content (AvgIpc) is 3.13. The Balaban J connectivity index is 1.59. The van der Waals surface area contributed by atoms with E-state index < -0.39 is 11.8 Å². The van der Waals surface area contributed by atoms with E-state index in [0.717, 1.165) is 10.6 Å². The third-order valence-electron chi connectivity index (χ3n) is 5.21. The molecule has 8 heteroatoms. The van der Waals surface area contributed by atoms with Gasteiger partial charge >= 0.3 is 0 Å². The van der Waals surface area contributed by atoms with Gasteiger partial charge in [-0.2, -0.15) is 10.1 Å². The highest BCUT2D eigenvalue weighted by molar-refractivity contribution is 9.10. The van der Waals surface area contributed by atoms with Gasteiger partial charge in [0, 0.05) is 10.6 Å². The van der Waals surface area contributed by atoms with E-state index in [1.807, 2.05) is 37.3 Å². The van der Waals surface area contributed by atoms with Crippen molar-refractivity contribution in [2.24, 2.45) is 5.10 Å². The number of ether oxygens (including phenoxy) is 2. The molecular formula is C27H22BrClN2O4. The molecule has 0 N–H and O–H groups in total. The second-order valence-corrected chi connectivity index (χ2v) is 9.00. The van der Waals surface area contributed by atoms with E-state index >= 15 is 0 Å². The largest absolute Gasteiger partial charge is 0.490 e. The van der Waals surface area contributed by atoms with Gasteiger partial charge in [0.1, 0.15) is 6.61 Å². The number of rotatable bonds is 7. The summed E-state index contributed by atoms with van der Waals surface area (Å²) in [6.07, 6.45) is 1.69. The van der Waals surface area contributed by atoms with Gasteiger partial charge in [0.15, 0.2) is 11.5 Å². The molecule has 178 valence electrons. The lowest BCUT2D eigenvalue weighted by atomic mass is 10.1. The number of imide groups is 1. The van der Waals surface area contributed by atoms with Crippen molar-refractivity contribution in [3.05, 3.63) is 98.5 Å². The molecule has 1 heterocycles. The van der Waals surface area contributed by atoms with Gasteiger partial charge in [0.05, 0.1) is 22.4 Å². The molecule has 0 fully saturated rings. The minimum atomic E-state index is -0.478. The lowest BCUT2D eigenvalue weighted by Crippen LogP contribution is -2.29. The molecule has 0 aromatic heterocycles. The lowest BCUT2D eigenvalue weighted by molar-refractivity contribution is -0.123. The van der Waals surface area contributed by atoms with Gasteiger partial charge in [-0.1, -0.05) is 41.9 Å². The number of benzene rings is 3. The number of hydrogen-bond donors (Lipinski definition) is 0. The first-order valence-corrected chi connectivity index (χ1v) is 12.1. The van der Waals surface area contributed by atoms with Crippen LogP contribution in [0.1, 0.15) is 35.3 Å². The zero-order valence-electron chi connectivity index (χ0n) is 19.1. The molecule has 0 bridgehead atoms. The van der Waals surface area contributed by atoms with Crippen molar-refractivity contribution >= 4 is 51.1 Å². The minimum absolute atomic E-state index is 0.330. The molecular weight excluding hydrogens is 532 g/mol. The van der Waals surface area contributed by atoms with Crippen LogP contribution in [0.5, 0.6) is 11.5 Å². The third kappa shape index (κ3) is 5.63. The molecule has 0 radical (unpaired) electrons. The summed E-state index contributed by atoms with van der Waals surface area (Å²) in [6.45, 7) is 4.34. The molecule has 0 aliphatic carbocycles. The fraction of sp³-hybridized carbons (Fsp3) is 0.148. The van der Waals surface area contributed by atoms with E-state index in [1.165, 1.54) is 0 Å². The van der Waals surface area contributed by atoms with Crippen LogP contribution in [0.3, 0.4) is 0 Å². The Bertz CT molecular complexity index is 1320. The highest BCUT2D eigenvalue weighted by atomic mass is 79.9. The van der Waals surface area contributed by atoms with Crippen LogP contribution in [0.15, 0.2) is 81.9 Å². The van der Waals surface area contributed by atoms with E-state index in [-0.39, 0.29) is 0 Å². The van der Waals surface area contributed by atoms with Crippen molar-refractivity contribution in [3.63, 3.8) is 0 Å². The summed E-state index contributed by atoms with van der Waals surface area (Å²) in [7, 11) is 0. The number of hydrogen-bond acceptors (Lipinski definition) is 5. The normalized spacial score (nSPS) is 14.3. The Hall–Kier alpha value is -3.42. The van der Waals surface area contributed by atoms with E-state index in [0.29, 0.717) is 56.6 Å². The minimum Gasteiger partial charge on any atom is -0.490 e. The van der Waals surface area contributed by atoms with Crippen LogP contribution < -0.4 is 9.47 Å². The predicted octanol–water partition coefficient (Wildman–Crippen LogP) is 6.52. The van der Waals surface area contributed by atoms with Crippen molar-refractivity contribution in [1.29, 1.82) is 0 Å². The summed E-state index contributed by atoms with van der Waals surface area (Å²) in [4.78, 5) is 25.8. The van der Waals surface area contributed by atoms with E-state index in [1.54, 1.807) is 49.4 Å². The van der Waals surface area contributed by atoms with Crippen LogP contribution in [-0.4, -0.2) is 29.1 Å². The summed E-state index contributed by atoms with van der Waals surface area (Å²) in [6, 6.07) is 19.6. The number of hydrazone groups is 1. The van der Waals surface area contributed by atoms with Gasteiger partial charge < -0.3 is 9.47 Å². The number of carbonyl (C=O) groups excluding carboxylic acids is 2. The first-order valence-electron chi connectivity index (χ1n) is 10.9. The monoisotopic (exact) mass is 552 g/mol. The number of amides is 2. The Morgan fingerprint density at radius 3 is 2.49 bits per heavy atom. The Morgan fingerprint density at radius 1 is 1.09 bits per heavy atom. The Kier molecular flexibility index (Phi) is 7.68. The second-order valence-electron chi connectivity index (χ2n) is 7.71. The smallest absolute Gasteiger partial charge is 0.283 e. The summed E-state index contributed by atoms with van der Waals surface area (Å²) >= 11 is 9.52. The maximum absolute atomic E-state index is 13.0. The standard InChI is InChI=1S/C27H22BrClN2O4/c1-3-34-24-15-19(14-23(28)25(24)35-16-18-9-11-21(29)12-10-18)13-22-17(2)30-31(27(22)33)26(32)20-7-5-4-6-8-20/h4-15H,3,16H2,1-2H3/b22-13+. The highest BCUT2D eigenvalue weighted by Gasteiger charge is 2.33. The number of halogens is 2. The van der Waals surface area contributed by atoms with E-state index in [2.05, 4.69) is 21.0 Å². The molecule has 0 unspecified atom stereocenters. The molecule has 3 aromatic carbocycles. The summed E-state index contributed by atoms with van der Waals surface area (Å²) < 4.78 is 12.5. The summed E-state index contributed by atoms with van der Waals surface area (Å²) in [5, 5.41) is 5.76. The molecule has 0 saturated heterocycles. The summed E-state index contributed by atoms with van der Waals surface area (Å²) in [5.41, 5.74) is 2.84. The molecule has 0 atom stereocenters. The molecule has 35 heavy (non-hydrogen) atoms. The number of nitrogens with zero attached hydrogens (tertiary/aromatic N) is 2. The molecule has 0 spiro atoms. The Morgan fingerprint density at radius 2 is 1.80 bits per heavy atom. The number of carbonyl (C=O) groups is 2. The van der Waals surface area contributed by atoms with Gasteiger partial charge in [0.2, 0.25) is 0 Å².